The van der Waals surface area contributed by atoms with Gasteiger partial charge in [-0.1, -0.05) is 0 Å². The molecule has 2 aliphatic rings. The Bertz CT molecular complexity index is 225. The van der Waals surface area contributed by atoms with Crippen LogP contribution in [0.3, 0.4) is 0 Å². The number of nitrogens with zero attached hydrogens (tertiary/aromatic N) is 2. The van der Waals surface area contributed by atoms with Crippen LogP contribution < -0.4 is 0 Å². The molecular weight excluding hydrogens is 184 g/mol. The molecule has 0 amide bonds. The van der Waals surface area contributed by atoms with E-state index in [9.17, 15) is 0 Å². The first kappa shape index (κ1) is 11.0. The zero-order valence-corrected chi connectivity index (χ0v) is 9.62. The van der Waals surface area contributed by atoms with E-state index in [-0.39, 0.29) is 0 Å². The van der Waals surface area contributed by atoms with Crippen molar-refractivity contribution < 1.29 is 0 Å². The molecule has 0 spiro atoms. The van der Waals surface area contributed by atoms with Crippen molar-refractivity contribution in [3.8, 4) is 12.3 Å². The predicted molar refractivity (Wildman–Crippen MR) is 63.7 cm³/mol. The standard InChI is InChI=1S/C13H22N2/c1-2-3-4-8-14-11-7-13(12-14)15-9-5-6-10-15/h1,13H,3-12H2. The van der Waals surface area contributed by atoms with Crippen molar-refractivity contribution in [3.05, 3.63) is 0 Å². The topological polar surface area (TPSA) is 6.48 Å². The maximum Gasteiger partial charge on any atom is 0.0235 e. The first-order valence-electron chi connectivity index (χ1n) is 6.30. The van der Waals surface area contributed by atoms with Crippen LogP contribution in [0.1, 0.15) is 32.1 Å². The second kappa shape index (κ2) is 5.53. The maximum atomic E-state index is 5.26. The summed E-state index contributed by atoms with van der Waals surface area (Å²) in [5, 5.41) is 0. The van der Waals surface area contributed by atoms with Gasteiger partial charge in [0.25, 0.3) is 0 Å². The van der Waals surface area contributed by atoms with E-state index in [1.807, 2.05) is 0 Å². The Hall–Kier alpha value is -0.520. The number of hydrogen-bond donors (Lipinski definition) is 0. The number of unbranched alkanes of at least 4 members (excludes halogenated alkanes) is 1. The van der Waals surface area contributed by atoms with Crippen LogP contribution >= 0.6 is 0 Å². The van der Waals surface area contributed by atoms with Crippen molar-refractivity contribution in [3.63, 3.8) is 0 Å². The monoisotopic (exact) mass is 206 g/mol. The van der Waals surface area contributed by atoms with Gasteiger partial charge >= 0.3 is 0 Å². The van der Waals surface area contributed by atoms with Crippen LogP contribution in [-0.4, -0.2) is 48.6 Å². The van der Waals surface area contributed by atoms with E-state index in [0.717, 1.165) is 12.5 Å². The summed E-state index contributed by atoms with van der Waals surface area (Å²) in [4.78, 5) is 5.27. The van der Waals surface area contributed by atoms with Crippen LogP contribution in [0.5, 0.6) is 0 Å². The molecule has 0 aromatic heterocycles. The molecule has 0 aromatic carbocycles. The molecule has 0 aliphatic carbocycles. The van der Waals surface area contributed by atoms with Crippen molar-refractivity contribution in [1.82, 2.24) is 9.80 Å². The fourth-order valence-corrected chi connectivity index (χ4v) is 2.82. The van der Waals surface area contributed by atoms with E-state index in [4.69, 9.17) is 6.42 Å². The van der Waals surface area contributed by atoms with Crippen LogP contribution in [0.2, 0.25) is 0 Å². The minimum Gasteiger partial charge on any atom is -0.302 e. The molecule has 2 rings (SSSR count). The highest BCUT2D eigenvalue weighted by atomic mass is 15.3. The molecule has 1 unspecified atom stereocenters. The average Bonchev–Trinajstić information content (AvgIpc) is 2.87. The second-order valence-corrected chi connectivity index (χ2v) is 4.79. The Labute approximate surface area is 93.6 Å². The van der Waals surface area contributed by atoms with Gasteiger partial charge in [-0.05, 0) is 51.9 Å². The molecule has 0 radical (unpaired) electrons. The van der Waals surface area contributed by atoms with Gasteiger partial charge in [0.2, 0.25) is 0 Å². The molecule has 0 aromatic rings. The summed E-state index contributed by atoms with van der Waals surface area (Å²) in [6.45, 7) is 6.44. The van der Waals surface area contributed by atoms with Crippen LogP contribution in [0.15, 0.2) is 0 Å². The van der Waals surface area contributed by atoms with Crippen molar-refractivity contribution >= 4 is 0 Å². The predicted octanol–water partition coefficient (Wildman–Crippen LogP) is 1.57. The Morgan fingerprint density at radius 1 is 1.20 bits per heavy atom. The van der Waals surface area contributed by atoms with Crippen LogP contribution in [0.4, 0.5) is 0 Å². The van der Waals surface area contributed by atoms with E-state index < -0.39 is 0 Å². The summed E-state index contributed by atoms with van der Waals surface area (Å²) in [5.41, 5.74) is 0. The third-order valence-corrected chi connectivity index (χ3v) is 3.70. The first-order valence-corrected chi connectivity index (χ1v) is 6.30. The summed E-state index contributed by atoms with van der Waals surface area (Å²) in [6.07, 6.45) is 11.6. The zero-order valence-electron chi connectivity index (χ0n) is 9.62. The summed E-state index contributed by atoms with van der Waals surface area (Å²) < 4.78 is 0. The molecule has 1 atom stereocenters. The molecule has 0 N–H and O–H groups in total. The highest BCUT2D eigenvalue weighted by Crippen LogP contribution is 2.20. The lowest BCUT2D eigenvalue weighted by Crippen LogP contribution is -2.35. The quantitative estimate of drug-likeness (QED) is 0.509. The molecule has 2 aliphatic heterocycles. The maximum absolute atomic E-state index is 5.26. The third-order valence-electron chi connectivity index (χ3n) is 3.70. The lowest BCUT2D eigenvalue weighted by atomic mass is 10.2. The SMILES string of the molecule is C#CCCCN1CCC(N2CCCC2)C1. The normalized spacial score (nSPS) is 28.3. The van der Waals surface area contributed by atoms with E-state index >= 15 is 0 Å². The van der Waals surface area contributed by atoms with E-state index in [2.05, 4.69) is 15.7 Å². The fraction of sp³-hybridized carbons (Fsp3) is 0.846. The van der Waals surface area contributed by atoms with Gasteiger partial charge in [-0.25, -0.2) is 0 Å². The van der Waals surface area contributed by atoms with Gasteiger partial charge in [0.1, 0.15) is 0 Å². The Morgan fingerprint density at radius 3 is 2.73 bits per heavy atom. The summed E-state index contributed by atoms with van der Waals surface area (Å²) in [7, 11) is 0. The van der Waals surface area contributed by atoms with Crippen molar-refractivity contribution in [2.45, 2.75) is 38.1 Å². The molecule has 2 nitrogen and oxygen atoms in total. The summed E-state index contributed by atoms with van der Waals surface area (Å²) in [5.74, 6) is 2.72. The fourth-order valence-electron chi connectivity index (χ4n) is 2.82. The molecule has 0 bridgehead atoms. The van der Waals surface area contributed by atoms with Gasteiger partial charge in [0.05, 0.1) is 0 Å². The van der Waals surface area contributed by atoms with Crippen molar-refractivity contribution in [2.75, 3.05) is 32.7 Å². The molecule has 84 valence electrons. The molecule has 2 fully saturated rings. The highest BCUT2D eigenvalue weighted by Gasteiger charge is 2.28. The number of rotatable bonds is 4. The molecular formula is C13H22N2. The minimum atomic E-state index is 0.846. The molecule has 0 saturated carbocycles. The van der Waals surface area contributed by atoms with Gasteiger partial charge in [-0.2, -0.15) is 0 Å². The highest BCUT2D eigenvalue weighted by molar-refractivity contribution is 4.87. The van der Waals surface area contributed by atoms with Crippen molar-refractivity contribution in [2.24, 2.45) is 0 Å². The van der Waals surface area contributed by atoms with Gasteiger partial charge in [0, 0.05) is 19.0 Å². The van der Waals surface area contributed by atoms with Crippen LogP contribution in [-0.2, 0) is 0 Å². The first-order chi connectivity index (χ1) is 7.40. The van der Waals surface area contributed by atoms with E-state index in [0.29, 0.717) is 0 Å². The number of likely N-dealkylation sites (tertiary alicyclic amines) is 2. The minimum absolute atomic E-state index is 0.846. The Kier molecular flexibility index (Phi) is 4.05. The van der Waals surface area contributed by atoms with E-state index in [1.165, 1.54) is 58.4 Å². The molecule has 15 heavy (non-hydrogen) atoms. The number of hydrogen-bond acceptors (Lipinski definition) is 2. The Morgan fingerprint density at radius 2 is 2.00 bits per heavy atom. The number of terminal acetylenes is 1. The van der Waals surface area contributed by atoms with Gasteiger partial charge in [0.15, 0.2) is 0 Å². The van der Waals surface area contributed by atoms with Crippen molar-refractivity contribution in [1.29, 1.82) is 0 Å². The molecule has 2 heterocycles. The van der Waals surface area contributed by atoms with Crippen LogP contribution in [0.25, 0.3) is 0 Å². The summed E-state index contributed by atoms with van der Waals surface area (Å²) in [6, 6.07) is 0.846. The second-order valence-electron chi connectivity index (χ2n) is 4.79. The third kappa shape index (κ3) is 2.96. The Balaban J connectivity index is 1.67. The lowest BCUT2D eigenvalue weighted by Gasteiger charge is -2.23. The molecule has 2 saturated heterocycles. The molecule has 2 heteroatoms. The van der Waals surface area contributed by atoms with Gasteiger partial charge in [-0.3, -0.25) is 4.90 Å². The lowest BCUT2D eigenvalue weighted by molar-refractivity contribution is 0.232. The average molecular weight is 206 g/mol. The largest absolute Gasteiger partial charge is 0.302 e. The van der Waals surface area contributed by atoms with Gasteiger partial charge in [-0.15, -0.1) is 12.3 Å². The van der Waals surface area contributed by atoms with E-state index in [1.54, 1.807) is 0 Å². The van der Waals surface area contributed by atoms with Gasteiger partial charge < -0.3 is 4.90 Å². The smallest absolute Gasteiger partial charge is 0.0235 e. The zero-order chi connectivity index (χ0) is 10.5. The van der Waals surface area contributed by atoms with Crippen LogP contribution in [0, 0.1) is 12.3 Å². The summed E-state index contributed by atoms with van der Waals surface area (Å²) >= 11 is 0.